The summed E-state index contributed by atoms with van der Waals surface area (Å²) in [4.78, 5) is 20.8. The van der Waals surface area contributed by atoms with Gasteiger partial charge in [-0.3, -0.25) is 0 Å². The van der Waals surface area contributed by atoms with Crippen LogP contribution in [0.5, 0.6) is 0 Å². The number of hydrogen-bond acceptors (Lipinski definition) is 4. The van der Waals surface area contributed by atoms with E-state index in [0.717, 1.165) is 17.1 Å². The molecule has 4 heteroatoms. The molecule has 0 bridgehead atoms. The first-order valence-corrected chi connectivity index (χ1v) is 7.18. The second kappa shape index (κ2) is 6.97. The van der Waals surface area contributed by atoms with Crippen LogP contribution < -0.4 is 0 Å². The van der Waals surface area contributed by atoms with Crippen molar-refractivity contribution in [2.75, 3.05) is 6.61 Å². The molecule has 2 aromatic rings. The number of carbonyl (C=O) groups is 1. The molecule has 0 spiro atoms. The normalized spacial score (nSPS) is 10.7. The number of hydrogen-bond donors (Lipinski definition) is 0. The monoisotopic (exact) mass is 284 g/mol. The number of esters is 1. The predicted molar refractivity (Wildman–Crippen MR) is 81.3 cm³/mol. The molecule has 0 saturated carbocycles. The van der Waals surface area contributed by atoms with Gasteiger partial charge >= 0.3 is 5.97 Å². The van der Waals surface area contributed by atoms with Gasteiger partial charge in [-0.25, -0.2) is 14.8 Å². The first-order chi connectivity index (χ1) is 10.1. The van der Waals surface area contributed by atoms with E-state index in [-0.39, 0.29) is 11.9 Å². The van der Waals surface area contributed by atoms with Crippen LogP contribution in [0.1, 0.15) is 54.1 Å². The Bertz CT molecular complexity index is 609. The van der Waals surface area contributed by atoms with Crippen molar-refractivity contribution in [1.82, 2.24) is 9.97 Å². The summed E-state index contributed by atoms with van der Waals surface area (Å²) >= 11 is 0. The molecule has 2 rings (SSSR count). The molecule has 4 nitrogen and oxygen atoms in total. The Kier molecular flexibility index (Phi) is 5.04. The summed E-state index contributed by atoms with van der Waals surface area (Å²) in [5, 5.41) is 0. The van der Waals surface area contributed by atoms with Crippen molar-refractivity contribution in [3.8, 4) is 0 Å². The standard InChI is InChI=1S/C17H20N2O2/c1-4-21-17(20)14-11-18-15(19-16(14)12(2)3)10-13-8-6-5-7-9-13/h5-9,11-12H,4,10H2,1-3H3. The predicted octanol–water partition coefficient (Wildman–Crippen LogP) is 3.37. The lowest BCUT2D eigenvalue weighted by Crippen LogP contribution is -2.13. The Labute approximate surface area is 125 Å². The van der Waals surface area contributed by atoms with Crippen LogP contribution in [-0.2, 0) is 11.2 Å². The highest BCUT2D eigenvalue weighted by molar-refractivity contribution is 5.90. The fourth-order valence-electron chi connectivity index (χ4n) is 2.10. The van der Waals surface area contributed by atoms with E-state index in [1.165, 1.54) is 0 Å². The van der Waals surface area contributed by atoms with Gasteiger partial charge in [-0.05, 0) is 18.4 Å². The fourth-order valence-corrected chi connectivity index (χ4v) is 2.10. The van der Waals surface area contributed by atoms with E-state index in [1.807, 2.05) is 44.2 Å². The average Bonchev–Trinajstić information content (AvgIpc) is 2.48. The summed E-state index contributed by atoms with van der Waals surface area (Å²) in [5.41, 5.74) is 2.36. The van der Waals surface area contributed by atoms with Gasteiger partial charge in [0.15, 0.2) is 0 Å². The first-order valence-electron chi connectivity index (χ1n) is 7.18. The van der Waals surface area contributed by atoms with Crippen LogP contribution in [0.15, 0.2) is 36.5 Å². The summed E-state index contributed by atoms with van der Waals surface area (Å²) in [5.74, 6) is 0.507. The molecule has 0 N–H and O–H groups in total. The zero-order chi connectivity index (χ0) is 15.2. The quantitative estimate of drug-likeness (QED) is 0.790. The Hall–Kier alpha value is -2.23. The Morgan fingerprint density at radius 3 is 2.57 bits per heavy atom. The SMILES string of the molecule is CCOC(=O)c1cnc(Cc2ccccc2)nc1C(C)C. The maximum Gasteiger partial charge on any atom is 0.341 e. The smallest absolute Gasteiger partial charge is 0.341 e. The molecule has 0 aliphatic rings. The van der Waals surface area contributed by atoms with Crippen molar-refractivity contribution in [2.24, 2.45) is 0 Å². The van der Waals surface area contributed by atoms with Crippen molar-refractivity contribution in [3.05, 3.63) is 59.2 Å². The van der Waals surface area contributed by atoms with E-state index in [4.69, 9.17) is 4.74 Å². The lowest BCUT2D eigenvalue weighted by Gasteiger charge is -2.12. The fraction of sp³-hybridized carbons (Fsp3) is 0.353. The second-order valence-corrected chi connectivity index (χ2v) is 5.12. The lowest BCUT2D eigenvalue weighted by atomic mass is 10.0. The molecule has 0 saturated heterocycles. The molecular formula is C17H20N2O2. The minimum absolute atomic E-state index is 0.141. The van der Waals surface area contributed by atoms with Gasteiger partial charge in [-0.15, -0.1) is 0 Å². The molecule has 1 heterocycles. The largest absolute Gasteiger partial charge is 0.462 e. The highest BCUT2D eigenvalue weighted by Gasteiger charge is 2.18. The lowest BCUT2D eigenvalue weighted by molar-refractivity contribution is 0.0523. The number of carbonyl (C=O) groups excluding carboxylic acids is 1. The number of benzene rings is 1. The molecule has 0 aliphatic carbocycles. The van der Waals surface area contributed by atoms with Crippen molar-refractivity contribution in [1.29, 1.82) is 0 Å². The molecule has 0 fully saturated rings. The van der Waals surface area contributed by atoms with E-state index in [9.17, 15) is 4.79 Å². The van der Waals surface area contributed by atoms with Gasteiger partial charge in [0.25, 0.3) is 0 Å². The van der Waals surface area contributed by atoms with Crippen LogP contribution in [0.3, 0.4) is 0 Å². The Balaban J connectivity index is 2.30. The Morgan fingerprint density at radius 2 is 1.95 bits per heavy atom. The van der Waals surface area contributed by atoms with Crippen LogP contribution in [0.2, 0.25) is 0 Å². The zero-order valence-corrected chi connectivity index (χ0v) is 12.7. The third kappa shape index (κ3) is 3.88. The molecular weight excluding hydrogens is 264 g/mol. The van der Waals surface area contributed by atoms with Crippen LogP contribution >= 0.6 is 0 Å². The van der Waals surface area contributed by atoms with E-state index in [0.29, 0.717) is 18.6 Å². The van der Waals surface area contributed by atoms with E-state index in [1.54, 1.807) is 13.1 Å². The number of ether oxygens (including phenoxy) is 1. The summed E-state index contributed by atoms with van der Waals surface area (Å²) in [7, 11) is 0. The number of nitrogens with zero attached hydrogens (tertiary/aromatic N) is 2. The maximum absolute atomic E-state index is 11.9. The van der Waals surface area contributed by atoms with Gasteiger partial charge in [0.1, 0.15) is 5.82 Å². The molecule has 0 amide bonds. The van der Waals surface area contributed by atoms with Gasteiger partial charge in [-0.2, -0.15) is 0 Å². The summed E-state index contributed by atoms with van der Waals surface area (Å²) in [6.07, 6.45) is 2.24. The topological polar surface area (TPSA) is 52.1 Å². The van der Waals surface area contributed by atoms with Crippen molar-refractivity contribution < 1.29 is 9.53 Å². The van der Waals surface area contributed by atoms with Crippen molar-refractivity contribution in [2.45, 2.75) is 33.1 Å². The third-order valence-corrected chi connectivity index (χ3v) is 3.12. The van der Waals surface area contributed by atoms with Crippen LogP contribution in [0.4, 0.5) is 0 Å². The van der Waals surface area contributed by atoms with Gasteiger partial charge in [0.2, 0.25) is 0 Å². The second-order valence-electron chi connectivity index (χ2n) is 5.12. The third-order valence-electron chi connectivity index (χ3n) is 3.12. The van der Waals surface area contributed by atoms with Gasteiger partial charge < -0.3 is 4.74 Å². The number of rotatable bonds is 5. The minimum atomic E-state index is -0.354. The molecule has 1 aromatic heterocycles. The summed E-state index contributed by atoms with van der Waals surface area (Å²) < 4.78 is 5.06. The summed E-state index contributed by atoms with van der Waals surface area (Å²) in [6, 6.07) is 10.0. The summed E-state index contributed by atoms with van der Waals surface area (Å²) in [6.45, 7) is 6.16. The van der Waals surface area contributed by atoms with E-state index in [2.05, 4.69) is 9.97 Å². The zero-order valence-electron chi connectivity index (χ0n) is 12.7. The maximum atomic E-state index is 11.9. The van der Waals surface area contributed by atoms with Crippen molar-refractivity contribution in [3.63, 3.8) is 0 Å². The molecule has 21 heavy (non-hydrogen) atoms. The molecule has 1 aromatic carbocycles. The molecule has 0 atom stereocenters. The Morgan fingerprint density at radius 1 is 1.24 bits per heavy atom. The van der Waals surface area contributed by atoms with E-state index >= 15 is 0 Å². The molecule has 110 valence electrons. The number of aromatic nitrogens is 2. The average molecular weight is 284 g/mol. The van der Waals surface area contributed by atoms with Crippen LogP contribution in [0.25, 0.3) is 0 Å². The van der Waals surface area contributed by atoms with Gasteiger partial charge in [0, 0.05) is 12.6 Å². The minimum Gasteiger partial charge on any atom is -0.462 e. The molecule has 0 unspecified atom stereocenters. The molecule has 0 radical (unpaired) electrons. The van der Waals surface area contributed by atoms with E-state index < -0.39 is 0 Å². The van der Waals surface area contributed by atoms with Crippen molar-refractivity contribution >= 4 is 5.97 Å². The highest BCUT2D eigenvalue weighted by atomic mass is 16.5. The van der Waals surface area contributed by atoms with Gasteiger partial charge in [0.05, 0.1) is 17.9 Å². The first kappa shape index (κ1) is 15.2. The van der Waals surface area contributed by atoms with Gasteiger partial charge in [-0.1, -0.05) is 44.2 Å². The highest BCUT2D eigenvalue weighted by Crippen LogP contribution is 2.18. The molecule has 0 aliphatic heterocycles. The van der Waals surface area contributed by atoms with Crippen LogP contribution in [0, 0.1) is 0 Å². The van der Waals surface area contributed by atoms with Crippen LogP contribution in [-0.4, -0.2) is 22.5 Å².